The maximum absolute atomic E-state index is 11.7. The second-order valence-electron chi connectivity index (χ2n) is 7.49. The Morgan fingerprint density at radius 2 is 1.22 bits per heavy atom. The minimum absolute atomic E-state index is 0.0688. The molecule has 188 valence electrons. The maximum Gasteiger partial charge on any atom is 0.303 e. The van der Waals surface area contributed by atoms with E-state index < -0.39 is 67.4 Å². The van der Waals surface area contributed by atoms with E-state index in [0.29, 0.717) is 0 Å². The van der Waals surface area contributed by atoms with Crippen LogP contribution in [-0.4, -0.2) is 128 Å². The van der Waals surface area contributed by atoms with Crippen molar-refractivity contribution in [2.45, 2.75) is 68.3 Å². The Kier molecular flexibility index (Phi) is 11.2. The molecule has 2 aliphatic heterocycles. The highest BCUT2D eigenvalue weighted by Gasteiger charge is 2.53. The van der Waals surface area contributed by atoms with Gasteiger partial charge in [0.05, 0.1) is 13.2 Å². The molecule has 12 heteroatoms. The molecule has 12 nitrogen and oxygen atoms in total. The molecule has 0 radical (unpaired) electrons. The van der Waals surface area contributed by atoms with Crippen molar-refractivity contribution in [3.8, 4) is 0 Å². The smallest absolute Gasteiger partial charge is 0.303 e. The zero-order chi connectivity index (χ0) is 23.8. The monoisotopic (exact) mass is 468 g/mol. The molecule has 10 atom stereocenters. The molecule has 2 fully saturated rings. The fourth-order valence-electron chi connectivity index (χ4n) is 4.18. The number of carbonyl (C=O) groups is 1. The van der Waals surface area contributed by atoms with Gasteiger partial charge in [-0.25, -0.2) is 0 Å². The molecule has 0 bridgehead atoms. The Balaban J connectivity index is 2.30. The van der Waals surface area contributed by atoms with Crippen LogP contribution >= 0.6 is 0 Å². The van der Waals surface area contributed by atoms with Crippen LogP contribution in [0.4, 0.5) is 0 Å². The summed E-state index contributed by atoms with van der Waals surface area (Å²) in [5.41, 5.74) is 0. The molecule has 0 aromatic rings. The van der Waals surface area contributed by atoms with E-state index >= 15 is 0 Å². The number of aliphatic hydroxyl groups excluding tert-OH is 1. The molecule has 1 N–H and O–H groups in total. The number of carbonyl (C=O) groups excluding carboxylic acids is 1. The lowest BCUT2D eigenvalue weighted by atomic mass is 9.96. The fourth-order valence-corrected chi connectivity index (χ4v) is 4.18. The molecule has 32 heavy (non-hydrogen) atoms. The van der Waals surface area contributed by atoms with Crippen LogP contribution in [0.25, 0.3) is 0 Å². The van der Waals surface area contributed by atoms with Gasteiger partial charge in [-0.15, -0.1) is 0 Å². The van der Waals surface area contributed by atoms with Gasteiger partial charge in [0.2, 0.25) is 0 Å². The van der Waals surface area contributed by atoms with Crippen LogP contribution in [0.15, 0.2) is 0 Å². The predicted octanol–water partition coefficient (Wildman–Crippen LogP) is -0.902. The van der Waals surface area contributed by atoms with Crippen LogP contribution in [-0.2, 0) is 52.2 Å². The van der Waals surface area contributed by atoms with Crippen LogP contribution in [0.2, 0.25) is 0 Å². The molecule has 0 amide bonds. The molecule has 0 aliphatic carbocycles. The van der Waals surface area contributed by atoms with E-state index in [0.717, 1.165) is 0 Å². The van der Waals surface area contributed by atoms with E-state index in [1.165, 1.54) is 49.6 Å². The van der Waals surface area contributed by atoms with Crippen LogP contribution in [0.5, 0.6) is 0 Å². The molecular weight excluding hydrogens is 432 g/mol. The summed E-state index contributed by atoms with van der Waals surface area (Å²) in [5, 5.41) is 10.7. The van der Waals surface area contributed by atoms with Gasteiger partial charge in [-0.05, 0) is 0 Å². The van der Waals surface area contributed by atoms with Gasteiger partial charge in [0.15, 0.2) is 18.7 Å². The van der Waals surface area contributed by atoms with E-state index in [1.807, 2.05) is 0 Å². The van der Waals surface area contributed by atoms with Crippen molar-refractivity contribution in [1.82, 2.24) is 0 Å². The van der Waals surface area contributed by atoms with Crippen LogP contribution in [0.3, 0.4) is 0 Å². The number of ether oxygens (including phenoxy) is 10. The van der Waals surface area contributed by atoms with Crippen molar-refractivity contribution in [1.29, 1.82) is 0 Å². The normalized spacial score (nSPS) is 40.2. The Morgan fingerprint density at radius 3 is 1.69 bits per heavy atom. The molecule has 0 unspecified atom stereocenters. The first-order chi connectivity index (χ1) is 15.4. The lowest BCUT2D eigenvalue weighted by Gasteiger charge is -2.48. The van der Waals surface area contributed by atoms with Crippen molar-refractivity contribution in [3.05, 3.63) is 0 Å². The summed E-state index contributed by atoms with van der Waals surface area (Å²) in [4.78, 5) is 11.7. The highest BCUT2D eigenvalue weighted by Crippen LogP contribution is 2.33. The number of methoxy groups -OCH3 is 6. The van der Waals surface area contributed by atoms with Crippen molar-refractivity contribution < 1.29 is 57.3 Å². The first-order valence-corrected chi connectivity index (χ1v) is 10.3. The number of hydrogen-bond donors (Lipinski definition) is 1. The van der Waals surface area contributed by atoms with Gasteiger partial charge in [-0.1, -0.05) is 0 Å². The lowest BCUT2D eigenvalue weighted by Crippen LogP contribution is -2.66. The molecule has 0 saturated carbocycles. The summed E-state index contributed by atoms with van der Waals surface area (Å²) in [6.07, 6.45) is -8.36. The summed E-state index contributed by atoms with van der Waals surface area (Å²) < 4.78 is 56.0. The Hall–Kier alpha value is -0.930. The third kappa shape index (κ3) is 6.14. The van der Waals surface area contributed by atoms with Crippen LogP contribution in [0, 0.1) is 0 Å². The second-order valence-corrected chi connectivity index (χ2v) is 7.49. The summed E-state index contributed by atoms with van der Waals surface area (Å²) in [6, 6.07) is 0. The van der Waals surface area contributed by atoms with Crippen molar-refractivity contribution in [2.24, 2.45) is 0 Å². The van der Waals surface area contributed by atoms with Crippen molar-refractivity contribution >= 4 is 5.97 Å². The Labute approximate surface area is 188 Å². The summed E-state index contributed by atoms with van der Waals surface area (Å²) in [7, 11) is 8.97. The number of rotatable bonds is 11. The topological polar surface area (TPSA) is 130 Å². The van der Waals surface area contributed by atoms with Crippen molar-refractivity contribution in [3.63, 3.8) is 0 Å². The third-order valence-electron chi connectivity index (χ3n) is 5.54. The third-order valence-corrected chi connectivity index (χ3v) is 5.54. The first kappa shape index (κ1) is 27.3. The van der Waals surface area contributed by atoms with E-state index in [4.69, 9.17) is 47.4 Å². The SMILES string of the molecule is COC[C@H]1O[C@@H](O[C@@H]2[C@@H](OC)[C@H](OC(C)=O)[C@@H](COC)O[C@@H]2O)[C@H](OC)[C@@H](OC)[C@H]1OC. The van der Waals surface area contributed by atoms with Crippen LogP contribution < -0.4 is 0 Å². The molecule has 0 aromatic carbocycles. The Morgan fingerprint density at radius 1 is 0.719 bits per heavy atom. The van der Waals surface area contributed by atoms with Gasteiger partial charge < -0.3 is 52.5 Å². The first-order valence-electron chi connectivity index (χ1n) is 10.3. The molecule has 2 aliphatic rings. The van der Waals surface area contributed by atoms with Gasteiger partial charge in [0, 0.05) is 49.6 Å². The number of aliphatic hydroxyl groups is 1. The average Bonchev–Trinajstić information content (AvgIpc) is 2.76. The largest absolute Gasteiger partial charge is 0.457 e. The Bertz CT molecular complexity index is 563. The fraction of sp³-hybridized carbons (Fsp3) is 0.950. The molecular formula is C20H36O12. The van der Waals surface area contributed by atoms with Gasteiger partial charge in [0.25, 0.3) is 0 Å². The van der Waals surface area contributed by atoms with E-state index in [1.54, 1.807) is 0 Å². The molecule has 0 spiro atoms. The minimum Gasteiger partial charge on any atom is -0.457 e. The standard InChI is InChI=1S/C20H36O12/c1-10(21)29-14-12(9-24-3)30-19(22)17(16(14)27-6)32-20-18(28-7)15(26-5)13(25-4)11(31-20)8-23-2/h11-20,22H,8-9H2,1-7H3/t11-,12-,13+,14-,15+,16+,17-,18-,19+,20+/m1/s1. The van der Waals surface area contributed by atoms with Crippen LogP contribution in [0.1, 0.15) is 6.92 Å². The molecule has 2 heterocycles. The summed E-state index contributed by atoms with van der Waals surface area (Å²) in [6.45, 7) is 1.55. The number of hydrogen-bond acceptors (Lipinski definition) is 12. The van der Waals surface area contributed by atoms with Gasteiger partial charge in [0.1, 0.15) is 42.7 Å². The quantitative estimate of drug-likeness (QED) is 0.377. The second kappa shape index (κ2) is 13.1. The molecule has 2 saturated heterocycles. The highest BCUT2D eigenvalue weighted by molar-refractivity contribution is 5.66. The maximum atomic E-state index is 11.7. The van der Waals surface area contributed by atoms with Gasteiger partial charge >= 0.3 is 5.97 Å². The van der Waals surface area contributed by atoms with Gasteiger partial charge in [-0.2, -0.15) is 0 Å². The molecule has 2 rings (SSSR count). The highest BCUT2D eigenvalue weighted by atomic mass is 16.8. The average molecular weight is 468 g/mol. The van der Waals surface area contributed by atoms with E-state index in [2.05, 4.69) is 0 Å². The summed E-state index contributed by atoms with van der Waals surface area (Å²) >= 11 is 0. The predicted molar refractivity (Wildman–Crippen MR) is 107 cm³/mol. The molecule has 0 aromatic heterocycles. The van der Waals surface area contributed by atoms with E-state index in [9.17, 15) is 9.90 Å². The summed E-state index contributed by atoms with van der Waals surface area (Å²) in [5.74, 6) is -0.539. The zero-order valence-electron chi connectivity index (χ0n) is 19.6. The van der Waals surface area contributed by atoms with Gasteiger partial charge in [-0.3, -0.25) is 4.79 Å². The lowest BCUT2D eigenvalue weighted by molar-refractivity contribution is -0.368. The van der Waals surface area contributed by atoms with Crippen molar-refractivity contribution in [2.75, 3.05) is 55.9 Å². The van der Waals surface area contributed by atoms with E-state index in [-0.39, 0.29) is 13.2 Å². The number of esters is 1. The minimum atomic E-state index is -1.42. The zero-order valence-corrected chi connectivity index (χ0v) is 19.6.